The Balaban J connectivity index is 1.83. The van der Waals surface area contributed by atoms with Gasteiger partial charge in [0.2, 0.25) is 0 Å². The molecule has 2 aromatic carbocycles. The molecule has 0 spiro atoms. The van der Waals surface area contributed by atoms with Crippen molar-refractivity contribution in [1.82, 2.24) is 0 Å². The van der Waals surface area contributed by atoms with Crippen molar-refractivity contribution in [3.8, 4) is 0 Å². The third kappa shape index (κ3) is 3.13. The quantitative estimate of drug-likeness (QED) is 0.738. The van der Waals surface area contributed by atoms with Crippen LogP contribution in [-0.2, 0) is 11.3 Å². The zero-order valence-corrected chi connectivity index (χ0v) is 15.6. The third-order valence-corrected chi connectivity index (χ3v) is 5.14. The van der Waals surface area contributed by atoms with Gasteiger partial charge in [-0.15, -0.1) is 4.90 Å². The summed E-state index contributed by atoms with van der Waals surface area (Å²) in [6.45, 7) is 2.24. The van der Waals surface area contributed by atoms with Gasteiger partial charge in [-0.05, 0) is 36.8 Å². The fraction of sp³-hybridized carbons (Fsp3) is 0.136. The molecule has 1 atom stereocenters. The Labute approximate surface area is 162 Å². The molecular weight excluding hydrogens is 360 g/mol. The highest BCUT2D eigenvalue weighted by atomic mass is 35.5. The van der Waals surface area contributed by atoms with Crippen molar-refractivity contribution in [2.75, 3.05) is 4.90 Å². The molecule has 2 aliphatic rings. The number of carbonyl (C=O) groups excluding carboxylic acids is 2. The molecule has 3 amide bonds. The highest BCUT2D eigenvalue weighted by Gasteiger charge is 2.47. The number of benzene rings is 2. The first-order chi connectivity index (χ1) is 13.1. The number of rotatable bonds is 3. The van der Waals surface area contributed by atoms with Crippen LogP contribution < -0.4 is 4.90 Å². The van der Waals surface area contributed by atoms with Crippen LogP contribution in [0.1, 0.15) is 11.1 Å². The minimum atomic E-state index is -0.490. The maximum absolute atomic E-state index is 13.3. The van der Waals surface area contributed by atoms with Gasteiger partial charge in [0, 0.05) is 10.6 Å². The van der Waals surface area contributed by atoms with E-state index < -0.39 is 5.92 Å². The van der Waals surface area contributed by atoms with E-state index in [1.54, 1.807) is 16.7 Å². The SMILES string of the molecule is Cc1cccc(N2C(=O)C3C=CC=CC3=[N+](Cc3ccccc3Cl)C2=O)c1. The predicted octanol–water partition coefficient (Wildman–Crippen LogP) is 4.51. The summed E-state index contributed by atoms with van der Waals surface area (Å²) in [6, 6.07) is 14.5. The largest absolute Gasteiger partial charge is 0.506 e. The molecule has 1 aliphatic heterocycles. The first-order valence-corrected chi connectivity index (χ1v) is 9.11. The Morgan fingerprint density at radius 2 is 1.89 bits per heavy atom. The van der Waals surface area contributed by atoms with Gasteiger partial charge in [-0.3, -0.25) is 0 Å². The zero-order valence-electron chi connectivity index (χ0n) is 14.8. The Bertz CT molecular complexity index is 1040. The second kappa shape index (κ2) is 6.97. The normalized spacial score (nSPS) is 18.9. The van der Waals surface area contributed by atoms with Gasteiger partial charge >= 0.3 is 11.9 Å². The maximum Gasteiger partial charge on any atom is 0.506 e. The Morgan fingerprint density at radius 3 is 2.67 bits per heavy atom. The van der Waals surface area contributed by atoms with Crippen molar-refractivity contribution in [3.05, 3.63) is 89.0 Å². The van der Waals surface area contributed by atoms with E-state index >= 15 is 0 Å². The van der Waals surface area contributed by atoms with E-state index in [1.165, 1.54) is 4.90 Å². The van der Waals surface area contributed by atoms with Crippen molar-refractivity contribution in [2.24, 2.45) is 5.92 Å². The van der Waals surface area contributed by atoms with Gasteiger partial charge < -0.3 is 0 Å². The number of halogens is 1. The number of amides is 3. The zero-order chi connectivity index (χ0) is 19.0. The molecule has 0 bridgehead atoms. The number of allylic oxidation sites excluding steroid dienone is 3. The van der Waals surface area contributed by atoms with Gasteiger partial charge in [-0.2, -0.15) is 9.37 Å². The van der Waals surface area contributed by atoms with E-state index in [2.05, 4.69) is 0 Å². The van der Waals surface area contributed by atoms with Crippen LogP contribution in [0.3, 0.4) is 0 Å². The van der Waals surface area contributed by atoms with Crippen LogP contribution in [0.15, 0.2) is 72.8 Å². The van der Waals surface area contributed by atoms with E-state index in [0.29, 0.717) is 23.0 Å². The molecule has 5 heteroatoms. The molecule has 0 N–H and O–H groups in total. The van der Waals surface area contributed by atoms with Crippen LogP contribution in [0.25, 0.3) is 0 Å². The molecule has 27 heavy (non-hydrogen) atoms. The first kappa shape index (κ1) is 17.4. The van der Waals surface area contributed by atoms with Crippen LogP contribution in [-0.4, -0.2) is 22.2 Å². The molecule has 1 unspecified atom stereocenters. The number of nitrogens with zero attached hydrogens (tertiary/aromatic N) is 2. The van der Waals surface area contributed by atoms with Crippen molar-refractivity contribution in [2.45, 2.75) is 13.5 Å². The molecule has 0 fully saturated rings. The fourth-order valence-electron chi connectivity index (χ4n) is 3.42. The standard InChI is InChI=1S/C22H18ClN2O2/c1-15-7-6-9-17(13-15)25-21(26)18-10-3-5-12-20(18)24(22(25)27)14-16-8-2-4-11-19(16)23/h2-13,18H,14H2,1H3/q+1. The Hall–Kier alpha value is -2.98. The molecule has 0 radical (unpaired) electrons. The van der Waals surface area contributed by atoms with Gasteiger partial charge in [-0.1, -0.05) is 60.2 Å². The van der Waals surface area contributed by atoms with Crippen LogP contribution in [0.4, 0.5) is 10.5 Å². The number of urea groups is 1. The molecule has 0 saturated carbocycles. The van der Waals surface area contributed by atoms with Gasteiger partial charge in [0.15, 0.2) is 0 Å². The van der Waals surface area contributed by atoms with E-state index in [1.807, 2.05) is 67.6 Å². The lowest BCUT2D eigenvalue weighted by Crippen LogP contribution is -2.54. The summed E-state index contributed by atoms with van der Waals surface area (Å²) in [7, 11) is 0. The number of fused-ring (bicyclic) bond motifs is 1. The van der Waals surface area contributed by atoms with Crippen LogP contribution >= 0.6 is 11.6 Å². The van der Waals surface area contributed by atoms with Crippen molar-refractivity contribution in [3.63, 3.8) is 0 Å². The smallest absolute Gasteiger partial charge is 0.245 e. The summed E-state index contributed by atoms with van der Waals surface area (Å²) in [5.74, 6) is -0.729. The van der Waals surface area contributed by atoms with Crippen LogP contribution in [0, 0.1) is 12.8 Å². The van der Waals surface area contributed by atoms with E-state index in [-0.39, 0.29) is 11.9 Å². The minimum absolute atomic E-state index is 0.239. The highest BCUT2D eigenvalue weighted by molar-refractivity contribution is 6.31. The summed E-state index contributed by atoms with van der Waals surface area (Å²) in [5.41, 5.74) is 3.08. The van der Waals surface area contributed by atoms with Crippen molar-refractivity contribution < 1.29 is 14.2 Å². The van der Waals surface area contributed by atoms with Crippen LogP contribution in [0.2, 0.25) is 5.02 Å². The number of anilines is 1. The highest BCUT2D eigenvalue weighted by Crippen LogP contribution is 2.27. The number of carbonyl (C=O) groups is 2. The first-order valence-electron chi connectivity index (χ1n) is 8.73. The van der Waals surface area contributed by atoms with E-state index in [4.69, 9.17) is 11.6 Å². The van der Waals surface area contributed by atoms with E-state index in [9.17, 15) is 9.59 Å². The number of imide groups is 1. The molecule has 1 heterocycles. The molecule has 0 saturated heterocycles. The third-order valence-electron chi connectivity index (χ3n) is 4.77. The number of aryl methyl sites for hydroxylation is 1. The van der Waals surface area contributed by atoms with Gasteiger partial charge in [0.25, 0.3) is 0 Å². The predicted molar refractivity (Wildman–Crippen MR) is 106 cm³/mol. The molecule has 4 nitrogen and oxygen atoms in total. The van der Waals surface area contributed by atoms with Gasteiger partial charge in [0.1, 0.15) is 23.9 Å². The van der Waals surface area contributed by atoms with Crippen LogP contribution in [0.5, 0.6) is 0 Å². The average Bonchev–Trinajstić information content (AvgIpc) is 2.67. The lowest BCUT2D eigenvalue weighted by molar-refractivity contribution is -0.445. The molecule has 1 aliphatic carbocycles. The van der Waals surface area contributed by atoms with E-state index in [0.717, 1.165) is 11.1 Å². The van der Waals surface area contributed by atoms with Crippen molar-refractivity contribution >= 4 is 34.9 Å². The van der Waals surface area contributed by atoms with Crippen molar-refractivity contribution in [1.29, 1.82) is 0 Å². The molecule has 4 rings (SSSR count). The van der Waals surface area contributed by atoms with Gasteiger partial charge in [-0.25, -0.2) is 4.79 Å². The summed E-state index contributed by atoms with van der Waals surface area (Å²) < 4.78 is 1.63. The summed E-state index contributed by atoms with van der Waals surface area (Å²) in [4.78, 5) is 27.7. The minimum Gasteiger partial charge on any atom is -0.245 e. The maximum atomic E-state index is 13.3. The lowest BCUT2D eigenvalue weighted by Gasteiger charge is -2.27. The second-order valence-corrected chi connectivity index (χ2v) is 7.03. The molecular formula is C22H18ClN2O2+. The lowest BCUT2D eigenvalue weighted by atomic mass is 9.94. The summed E-state index contributed by atoms with van der Waals surface area (Å²) >= 11 is 6.31. The topological polar surface area (TPSA) is 40.4 Å². The second-order valence-electron chi connectivity index (χ2n) is 6.62. The summed E-state index contributed by atoms with van der Waals surface area (Å²) in [5, 5.41) is 0.594. The number of hydrogen-bond acceptors (Lipinski definition) is 2. The summed E-state index contributed by atoms with van der Waals surface area (Å²) in [6.07, 6.45) is 7.33. The molecule has 0 aromatic heterocycles. The fourth-order valence-corrected chi connectivity index (χ4v) is 3.62. The number of hydrogen-bond donors (Lipinski definition) is 0. The average molecular weight is 378 g/mol. The molecule has 134 valence electrons. The monoisotopic (exact) mass is 377 g/mol. The molecule has 2 aromatic rings. The Kier molecular flexibility index (Phi) is 4.50. The van der Waals surface area contributed by atoms with Gasteiger partial charge in [0.05, 0.1) is 0 Å². The Morgan fingerprint density at radius 1 is 1.07 bits per heavy atom.